The van der Waals surface area contributed by atoms with E-state index in [0.29, 0.717) is 6.54 Å². The highest BCUT2D eigenvalue weighted by Gasteiger charge is 2.15. The van der Waals surface area contributed by atoms with Crippen LogP contribution in [-0.4, -0.2) is 23.5 Å². The first-order valence-electron chi connectivity index (χ1n) is 4.91. The van der Waals surface area contributed by atoms with Gasteiger partial charge in [0.2, 0.25) is 0 Å². The zero-order valence-electron chi connectivity index (χ0n) is 9.17. The molecule has 1 unspecified atom stereocenters. The van der Waals surface area contributed by atoms with Crippen molar-refractivity contribution in [3.63, 3.8) is 0 Å². The molecule has 1 aromatic rings. The molecule has 1 rings (SSSR count). The van der Waals surface area contributed by atoms with E-state index in [-0.39, 0.29) is 22.0 Å². The van der Waals surface area contributed by atoms with Crippen LogP contribution in [0.1, 0.15) is 5.56 Å². The third kappa shape index (κ3) is 4.19. The predicted molar refractivity (Wildman–Crippen MR) is 67.9 cm³/mol. The quantitative estimate of drug-likeness (QED) is 0.499. The van der Waals surface area contributed by atoms with Gasteiger partial charge in [-0.3, -0.25) is 4.79 Å². The van der Waals surface area contributed by atoms with Crippen molar-refractivity contribution < 1.29 is 18.3 Å². The second kappa shape index (κ2) is 6.85. The number of carbonyl (C=O) groups excluding carboxylic acids is 1. The Morgan fingerprint density at radius 1 is 1.47 bits per heavy atom. The van der Waals surface area contributed by atoms with Crippen molar-refractivity contribution >= 4 is 28.6 Å². The average molecular weight is 355 g/mol. The molecule has 0 saturated carbocycles. The number of methoxy groups -OCH3 is 1. The van der Waals surface area contributed by atoms with Crippen molar-refractivity contribution in [1.82, 2.24) is 5.32 Å². The fourth-order valence-electron chi connectivity index (χ4n) is 1.24. The Morgan fingerprint density at radius 3 is 2.59 bits per heavy atom. The number of ether oxygens (including phenoxy) is 1. The van der Waals surface area contributed by atoms with Crippen LogP contribution in [0, 0.1) is 11.6 Å². The van der Waals surface area contributed by atoms with E-state index in [0.717, 1.165) is 0 Å². The summed E-state index contributed by atoms with van der Waals surface area (Å²) < 4.78 is 30.6. The number of alkyl halides is 1. The molecule has 94 valence electrons. The zero-order chi connectivity index (χ0) is 12.8. The Labute approximate surface area is 112 Å². The van der Waals surface area contributed by atoms with E-state index in [1.165, 1.54) is 25.3 Å². The molecule has 1 atom stereocenters. The van der Waals surface area contributed by atoms with Gasteiger partial charge < -0.3 is 10.1 Å². The van der Waals surface area contributed by atoms with Crippen molar-refractivity contribution in [1.29, 1.82) is 0 Å². The minimum absolute atomic E-state index is 0.0269. The van der Waals surface area contributed by atoms with Crippen LogP contribution < -0.4 is 5.32 Å². The smallest absolute Gasteiger partial charge is 0.319 e. The van der Waals surface area contributed by atoms with Gasteiger partial charge in [0.25, 0.3) is 0 Å². The summed E-state index contributed by atoms with van der Waals surface area (Å²) in [6.07, 6.45) is 0. The SMILES string of the molecule is COC(=O)C(I)CNCc1c(F)cccc1F. The van der Waals surface area contributed by atoms with E-state index in [4.69, 9.17) is 0 Å². The van der Waals surface area contributed by atoms with Crippen LogP contribution in [-0.2, 0) is 16.1 Å². The summed E-state index contributed by atoms with van der Waals surface area (Å²) in [4.78, 5) is 11.1. The molecule has 0 aliphatic carbocycles. The third-order valence-electron chi connectivity index (χ3n) is 2.14. The van der Waals surface area contributed by atoms with Gasteiger partial charge in [0, 0.05) is 18.7 Å². The lowest BCUT2D eigenvalue weighted by Crippen LogP contribution is -2.29. The second-order valence-electron chi connectivity index (χ2n) is 3.32. The summed E-state index contributed by atoms with van der Waals surface area (Å²) in [5.74, 6) is -1.56. The molecule has 0 radical (unpaired) electrons. The van der Waals surface area contributed by atoms with Gasteiger partial charge in [-0.05, 0) is 12.1 Å². The molecular formula is C11H12F2INO2. The Hall–Kier alpha value is -0.760. The molecular weight excluding hydrogens is 343 g/mol. The normalized spacial score (nSPS) is 12.2. The first kappa shape index (κ1) is 14.3. The fourth-order valence-corrected chi connectivity index (χ4v) is 1.80. The zero-order valence-corrected chi connectivity index (χ0v) is 11.3. The molecule has 1 N–H and O–H groups in total. The highest BCUT2D eigenvalue weighted by Crippen LogP contribution is 2.11. The van der Waals surface area contributed by atoms with Gasteiger partial charge in [0.15, 0.2) is 0 Å². The molecule has 0 spiro atoms. The summed E-state index contributed by atoms with van der Waals surface area (Å²) >= 11 is 1.90. The maximum atomic E-state index is 13.2. The minimum Gasteiger partial charge on any atom is -0.468 e. The number of esters is 1. The van der Waals surface area contributed by atoms with Crippen LogP contribution in [0.25, 0.3) is 0 Å². The highest BCUT2D eigenvalue weighted by molar-refractivity contribution is 14.1. The molecule has 3 nitrogen and oxygen atoms in total. The maximum absolute atomic E-state index is 13.2. The molecule has 17 heavy (non-hydrogen) atoms. The van der Waals surface area contributed by atoms with E-state index in [1.807, 2.05) is 22.6 Å². The number of halogens is 3. The lowest BCUT2D eigenvalue weighted by Gasteiger charge is -2.10. The topological polar surface area (TPSA) is 38.3 Å². The predicted octanol–water partition coefficient (Wildman–Crippen LogP) is 2.03. The summed E-state index contributed by atoms with van der Waals surface area (Å²) in [6, 6.07) is 3.70. The highest BCUT2D eigenvalue weighted by atomic mass is 127. The van der Waals surface area contributed by atoms with Gasteiger partial charge in [-0.15, -0.1) is 0 Å². The third-order valence-corrected chi connectivity index (χ3v) is 3.09. The van der Waals surface area contributed by atoms with E-state index >= 15 is 0 Å². The number of benzene rings is 1. The number of carbonyl (C=O) groups is 1. The van der Waals surface area contributed by atoms with Crippen molar-refractivity contribution in [3.05, 3.63) is 35.4 Å². The number of hydrogen-bond donors (Lipinski definition) is 1. The summed E-state index contributed by atoms with van der Waals surface area (Å²) in [5, 5.41) is 2.81. The molecule has 0 fully saturated rings. The van der Waals surface area contributed by atoms with Crippen LogP contribution in [0.2, 0.25) is 0 Å². The van der Waals surface area contributed by atoms with Gasteiger partial charge in [0.1, 0.15) is 15.6 Å². The Bertz CT molecular complexity index is 381. The van der Waals surface area contributed by atoms with Crippen LogP contribution in [0.3, 0.4) is 0 Å². The van der Waals surface area contributed by atoms with Crippen molar-refractivity contribution in [2.75, 3.05) is 13.7 Å². The van der Waals surface area contributed by atoms with Gasteiger partial charge in [-0.1, -0.05) is 28.7 Å². The standard InChI is InChI=1S/C11H12F2INO2/c1-17-11(16)10(14)6-15-5-7-8(12)3-2-4-9(7)13/h2-4,10,15H,5-6H2,1H3. The fraction of sp³-hybridized carbons (Fsp3) is 0.364. The largest absolute Gasteiger partial charge is 0.468 e. The summed E-state index contributed by atoms with van der Waals surface area (Å²) in [6.45, 7) is 0.329. The lowest BCUT2D eigenvalue weighted by molar-refractivity contribution is -0.139. The molecule has 0 aromatic heterocycles. The molecule has 0 aliphatic heterocycles. The van der Waals surface area contributed by atoms with Gasteiger partial charge in [0.05, 0.1) is 7.11 Å². The molecule has 0 saturated heterocycles. The molecule has 0 heterocycles. The number of rotatable bonds is 5. The molecule has 0 aliphatic rings. The maximum Gasteiger partial charge on any atom is 0.319 e. The summed E-state index contributed by atoms with van der Waals surface area (Å²) in [5.41, 5.74) is -0.0269. The van der Waals surface area contributed by atoms with Crippen molar-refractivity contribution in [3.8, 4) is 0 Å². The molecule has 6 heteroatoms. The van der Waals surface area contributed by atoms with E-state index < -0.39 is 11.6 Å². The molecule has 1 aromatic carbocycles. The number of hydrogen-bond acceptors (Lipinski definition) is 3. The lowest BCUT2D eigenvalue weighted by atomic mass is 10.2. The molecule has 0 amide bonds. The van der Waals surface area contributed by atoms with Gasteiger partial charge in [-0.2, -0.15) is 0 Å². The Kier molecular flexibility index (Phi) is 5.76. The van der Waals surface area contributed by atoms with Crippen LogP contribution in [0.15, 0.2) is 18.2 Å². The Morgan fingerprint density at radius 2 is 2.06 bits per heavy atom. The number of nitrogens with one attached hydrogen (secondary N) is 1. The molecule has 0 bridgehead atoms. The van der Waals surface area contributed by atoms with Crippen molar-refractivity contribution in [2.45, 2.75) is 10.5 Å². The van der Waals surface area contributed by atoms with Crippen LogP contribution in [0.5, 0.6) is 0 Å². The van der Waals surface area contributed by atoms with Gasteiger partial charge in [-0.25, -0.2) is 8.78 Å². The van der Waals surface area contributed by atoms with Crippen LogP contribution in [0.4, 0.5) is 8.78 Å². The second-order valence-corrected chi connectivity index (χ2v) is 4.83. The van der Waals surface area contributed by atoms with Crippen molar-refractivity contribution in [2.24, 2.45) is 0 Å². The first-order chi connectivity index (χ1) is 8.06. The van der Waals surface area contributed by atoms with E-state index in [2.05, 4.69) is 10.1 Å². The summed E-state index contributed by atoms with van der Waals surface area (Å²) in [7, 11) is 1.30. The average Bonchev–Trinajstić information content (AvgIpc) is 2.31. The van der Waals surface area contributed by atoms with Gasteiger partial charge >= 0.3 is 5.97 Å². The first-order valence-corrected chi connectivity index (χ1v) is 6.16. The van der Waals surface area contributed by atoms with E-state index in [1.54, 1.807) is 0 Å². The Balaban J connectivity index is 2.49. The van der Waals surface area contributed by atoms with Crippen LogP contribution >= 0.6 is 22.6 Å². The minimum atomic E-state index is -0.597. The van der Waals surface area contributed by atoms with E-state index in [9.17, 15) is 13.6 Å². The monoisotopic (exact) mass is 355 g/mol.